The monoisotopic (exact) mass is 265 g/mol. The smallest absolute Gasteiger partial charge is 0.325 e. The molecule has 0 saturated heterocycles. The predicted octanol–water partition coefficient (Wildman–Crippen LogP) is 1.14. The highest BCUT2D eigenvalue weighted by Crippen LogP contribution is 2.52. The third kappa shape index (κ3) is 1.68. The molecule has 2 atom stereocenters. The number of aryl methyl sites for hydroxylation is 1. The van der Waals surface area contributed by atoms with E-state index in [1.165, 1.54) is 12.1 Å². The molecule has 94 valence electrons. The molecule has 0 bridgehead atoms. The summed E-state index contributed by atoms with van der Waals surface area (Å²) in [6.07, 6.45) is -0.144. The molecule has 0 amide bonds. The molecular weight excluding hydrogens is 254 g/mol. The Kier molecular flexibility index (Phi) is 2.67. The second-order valence-corrected chi connectivity index (χ2v) is 6.57. The van der Waals surface area contributed by atoms with Gasteiger partial charge in [0.1, 0.15) is 0 Å². The molecule has 0 heterocycles. The Morgan fingerprint density at radius 2 is 2.00 bits per heavy atom. The minimum absolute atomic E-state index is 0.0662. The van der Waals surface area contributed by atoms with Crippen LogP contribution in [-0.2, 0) is 14.6 Å². The van der Waals surface area contributed by atoms with E-state index in [4.69, 9.17) is 10.4 Å². The van der Waals surface area contributed by atoms with Gasteiger partial charge in [-0.25, -0.2) is 8.42 Å². The summed E-state index contributed by atoms with van der Waals surface area (Å²) in [5.41, 5.74) is -0.862. The molecule has 0 spiro atoms. The number of sulfone groups is 1. The Hall–Kier alpha value is -1.87. The zero-order valence-electron chi connectivity index (χ0n) is 9.62. The fourth-order valence-corrected chi connectivity index (χ4v) is 3.90. The summed E-state index contributed by atoms with van der Waals surface area (Å²) >= 11 is 0. The van der Waals surface area contributed by atoms with Gasteiger partial charge >= 0.3 is 5.97 Å². The minimum Gasteiger partial charge on any atom is -0.480 e. The van der Waals surface area contributed by atoms with Gasteiger partial charge in [-0.2, -0.15) is 5.26 Å². The van der Waals surface area contributed by atoms with E-state index in [0.717, 1.165) is 5.56 Å². The van der Waals surface area contributed by atoms with Crippen molar-refractivity contribution >= 4 is 15.8 Å². The average molecular weight is 265 g/mol. The van der Waals surface area contributed by atoms with Crippen molar-refractivity contribution in [1.82, 2.24) is 0 Å². The molecule has 0 aliphatic heterocycles. The SMILES string of the molecule is Cc1ccc(S(=O)(=O)[C@@H]2C[C@]2(C#N)C(=O)O)cc1. The quantitative estimate of drug-likeness (QED) is 0.884. The van der Waals surface area contributed by atoms with E-state index in [0.29, 0.717) is 0 Å². The van der Waals surface area contributed by atoms with Crippen LogP contribution in [0.25, 0.3) is 0 Å². The first-order valence-corrected chi connectivity index (χ1v) is 6.84. The predicted molar refractivity (Wildman–Crippen MR) is 62.5 cm³/mol. The van der Waals surface area contributed by atoms with Gasteiger partial charge in [0.2, 0.25) is 0 Å². The number of nitriles is 1. The Morgan fingerprint density at radius 1 is 1.44 bits per heavy atom. The number of nitrogens with zero attached hydrogens (tertiary/aromatic N) is 1. The minimum atomic E-state index is -3.75. The molecule has 0 unspecified atom stereocenters. The van der Waals surface area contributed by atoms with Crippen LogP contribution < -0.4 is 0 Å². The second kappa shape index (κ2) is 3.82. The van der Waals surface area contributed by atoms with Crippen molar-refractivity contribution < 1.29 is 18.3 Å². The van der Waals surface area contributed by atoms with Gasteiger partial charge < -0.3 is 5.11 Å². The molecule has 1 aliphatic rings. The number of rotatable bonds is 3. The van der Waals surface area contributed by atoms with E-state index < -0.39 is 26.5 Å². The Bertz CT molecular complexity index is 642. The second-order valence-electron chi connectivity index (χ2n) is 4.44. The van der Waals surface area contributed by atoms with Gasteiger partial charge in [-0.15, -0.1) is 0 Å². The molecule has 1 aromatic carbocycles. The topological polar surface area (TPSA) is 95.2 Å². The van der Waals surface area contributed by atoms with Crippen LogP contribution in [0.15, 0.2) is 29.2 Å². The van der Waals surface area contributed by atoms with Crippen LogP contribution in [0, 0.1) is 23.7 Å². The van der Waals surface area contributed by atoms with Crippen molar-refractivity contribution in [2.24, 2.45) is 5.41 Å². The lowest BCUT2D eigenvalue weighted by atomic mass is 10.1. The fourth-order valence-electron chi connectivity index (χ4n) is 1.89. The van der Waals surface area contributed by atoms with Crippen molar-refractivity contribution in [3.8, 4) is 6.07 Å². The van der Waals surface area contributed by atoms with E-state index in [1.54, 1.807) is 18.2 Å². The number of benzene rings is 1. The zero-order chi connectivity index (χ0) is 13.6. The lowest BCUT2D eigenvalue weighted by molar-refractivity contribution is -0.141. The first-order valence-electron chi connectivity index (χ1n) is 5.30. The molecule has 2 rings (SSSR count). The number of hydrogen-bond acceptors (Lipinski definition) is 4. The Balaban J connectivity index is 2.39. The van der Waals surface area contributed by atoms with Crippen molar-refractivity contribution in [3.05, 3.63) is 29.8 Å². The number of carbonyl (C=O) groups is 1. The first kappa shape index (κ1) is 12.6. The highest BCUT2D eigenvalue weighted by Gasteiger charge is 2.68. The molecule has 1 N–H and O–H groups in total. The van der Waals surface area contributed by atoms with E-state index in [-0.39, 0.29) is 11.3 Å². The molecular formula is C12H11NO4S. The molecule has 5 nitrogen and oxygen atoms in total. The fraction of sp³-hybridized carbons (Fsp3) is 0.333. The van der Waals surface area contributed by atoms with Gasteiger partial charge in [-0.05, 0) is 25.5 Å². The van der Waals surface area contributed by atoms with Crippen LogP contribution in [0.3, 0.4) is 0 Å². The summed E-state index contributed by atoms with van der Waals surface area (Å²) in [4.78, 5) is 11.0. The van der Waals surface area contributed by atoms with Gasteiger partial charge in [0.05, 0.1) is 16.2 Å². The summed E-state index contributed by atoms with van der Waals surface area (Å²) in [5.74, 6) is -1.37. The van der Waals surface area contributed by atoms with Gasteiger partial charge in [0.25, 0.3) is 0 Å². The third-order valence-corrected chi connectivity index (χ3v) is 5.45. The Labute approximate surface area is 105 Å². The van der Waals surface area contributed by atoms with Crippen LogP contribution >= 0.6 is 0 Å². The molecule has 6 heteroatoms. The lowest BCUT2D eigenvalue weighted by Gasteiger charge is -2.05. The van der Waals surface area contributed by atoms with Crippen molar-refractivity contribution in [3.63, 3.8) is 0 Å². The molecule has 0 aromatic heterocycles. The number of carboxylic acid groups (broad SMARTS) is 1. The normalized spacial score (nSPS) is 26.3. The van der Waals surface area contributed by atoms with Gasteiger partial charge in [0, 0.05) is 0 Å². The highest BCUT2D eigenvalue weighted by atomic mass is 32.2. The summed E-state index contributed by atoms with van der Waals surface area (Å²) in [6.45, 7) is 1.82. The van der Waals surface area contributed by atoms with Crippen LogP contribution in [0.4, 0.5) is 0 Å². The molecule has 1 aliphatic carbocycles. The van der Waals surface area contributed by atoms with Crippen molar-refractivity contribution in [2.45, 2.75) is 23.5 Å². The number of aliphatic carboxylic acids is 1. The maximum absolute atomic E-state index is 12.2. The maximum atomic E-state index is 12.2. The van der Waals surface area contributed by atoms with E-state index >= 15 is 0 Å². The van der Waals surface area contributed by atoms with Crippen LogP contribution in [-0.4, -0.2) is 24.7 Å². The summed E-state index contributed by atoms with van der Waals surface area (Å²) in [6, 6.07) is 7.77. The summed E-state index contributed by atoms with van der Waals surface area (Å²) < 4.78 is 24.3. The molecule has 18 heavy (non-hydrogen) atoms. The molecule has 0 radical (unpaired) electrons. The maximum Gasteiger partial charge on any atom is 0.325 e. The summed E-state index contributed by atoms with van der Waals surface area (Å²) in [5, 5.41) is 16.7. The number of hydrogen-bond donors (Lipinski definition) is 1. The zero-order valence-corrected chi connectivity index (χ0v) is 10.4. The van der Waals surface area contributed by atoms with E-state index in [9.17, 15) is 13.2 Å². The largest absolute Gasteiger partial charge is 0.480 e. The highest BCUT2D eigenvalue weighted by molar-refractivity contribution is 7.92. The molecule has 1 fully saturated rings. The Morgan fingerprint density at radius 3 is 2.39 bits per heavy atom. The van der Waals surface area contributed by atoms with Gasteiger partial charge in [0.15, 0.2) is 15.3 Å². The first-order chi connectivity index (χ1) is 8.34. The van der Waals surface area contributed by atoms with Crippen LogP contribution in [0.2, 0.25) is 0 Å². The van der Waals surface area contributed by atoms with Crippen LogP contribution in [0.1, 0.15) is 12.0 Å². The van der Waals surface area contributed by atoms with Crippen LogP contribution in [0.5, 0.6) is 0 Å². The van der Waals surface area contributed by atoms with Crippen molar-refractivity contribution in [2.75, 3.05) is 0 Å². The van der Waals surface area contributed by atoms with E-state index in [2.05, 4.69) is 0 Å². The van der Waals surface area contributed by atoms with E-state index in [1.807, 2.05) is 6.92 Å². The van der Waals surface area contributed by atoms with Crippen molar-refractivity contribution in [1.29, 1.82) is 5.26 Å². The van der Waals surface area contributed by atoms with Gasteiger partial charge in [-0.3, -0.25) is 4.79 Å². The number of carboxylic acids is 1. The molecule has 1 saturated carbocycles. The standard InChI is InChI=1S/C12H11NO4S/c1-8-2-4-9(5-3-8)18(16,17)10-6-12(10,7-13)11(14)15/h2-5,10H,6H2,1H3,(H,14,15)/t10-,12-/m1/s1. The third-order valence-electron chi connectivity index (χ3n) is 3.20. The lowest BCUT2D eigenvalue weighted by Crippen LogP contribution is -2.22. The summed E-state index contributed by atoms with van der Waals surface area (Å²) in [7, 11) is -3.75. The van der Waals surface area contributed by atoms with Gasteiger partial charge in [-0.1, -0.05) is 17.7 Å². The molecule has 1 aromatic rings. The average Bonchev–Trinajstić information content (AvgIpc) is 3.06.